The molecule has 16 heavy (non-hydrogen) atoms. The summed E-state index contributed by atoms with van der Waals surface area (Å²) in [5, 5.41) is 11.3. The summed E-state index contributed by atoms with van der Waals surface area (Å²) in [6.07, 6.45) is 1.80. The number of rotatable bonds is 2. The molecule has 2 rings (SSSR count). The van der Waals surface area contributed by atoms with E-state index in [-0.39, 0.29) is 5.41 Å². The number of nitrogens with zero attached hydrogens (tertiary/aromatic N) is 4. The maximum atomic E-state index is 4.24. The van der Waals surface area contributed by atoms with E-state index in [0.717, 1.165) is 15.3 Å². The Kier molecular flexibility index (Phi) is 3.03. The quantitative estimate of drug-likeness (QED) is 0.826. The average Bonchev–Trinajstić information content (AvgIpc) is 2.76. The molecule has 0 saturated heterocycles. The largest absolute Gasteiger partial charge is 0.308 e. The van der Waals surface area contributed by atoms with Crippen LogP contribution in [0.15, 0.2) is 21.1 Å². The molecule has 0 unspecified atom stereocenters. The maximum Gasteiger partial charge on any atom is 0.198 e. The van der Waals surface area contributed by atoms with Gasteiger partial charge in [-0.1, -0.05) is 20.8 Å². The molecule has 2 heterocycles. The third-order valence-corrected chi connectivity index (χ3v) is 4.02. The van der Waals surface area contributed by atoms with E-state index in [1.807, 2.05) is 17.0 Å². The minimum atomic E-state index is 0.0173. The van der Waals surface area contributed by atoms with E-state index in [0.29, 0.717) is 0 Å². The highest BCUT2D eigenvalue weighted by Crippen LogP contribution is 2.30. The second-order valence-corrected chi connectivity index (χ2v) is 6.62. The van der Waals surface area contributed by atoms with Gasteiger partial charge < -0.3 is 4.57 Å². The average molecular weight is 254 g/mol. The molecule has 0 saturated carbocycles. The zero-order chi connectivity index (χ0) is 11.8. The maximum absolute atomic E-state index is 4.24. The van der Waals surface area contributed by atoms with E-state index in [1.165, 1.54) is 0 Å². The summed E-state index contributed by atoms with van der Waals surface area (Å²) >= 11 is 3.17. The SMILES string of the molecule is Cn1c(Sc2nccs2)nnc1C(C)(C)C. The van der Waals surface area contributed by atoms with Gasteiger partial charge in [0.1, 0.15) is 5.82 Å². The first-order chi connectivity index (χ1) is 7.48. The van der Waals surface area contributed by atoms with Crippen molar-refractivity contribution in [3.05, 3.63) is 17.4 Å². The summed E-state index contributed by atoms with van der Waals surface area (Å²) in [4.78, 5) is 4.22. The van der Waals surface area contributed by atoms with Crippen molar-refractivity contribution in [2.75, 3.05) is 0 Å². The van der Waals surface area contributed by atoms with E-state index < -0.39 is 0 Å². The van der Waals surface area contributed by atoms with Crippen LogP contribution in [0, 0.1) is 0 Å². The molecule has 2 aromatic heterocycles. The fraction of sp³-hybridized carbons (Fsp3) is 0.500. The predicted octanol–water partition coefficient (Wildman–Crippen LogP) is 2.72. The molecule has 2 aromatic rings. The zero-order valence-electron chi connectivity index (χ0n) is 9.76. The van der Waals surface area contributed by atoms with E-state index in [2.05, 4.69) is 36.0 Å². The lowest BCUT2D eigenvalue weighted by atomic mass is 9.96. The highest BCUT2D eigenvalue weighted by molar-refractivity contribution is 8.00. The van der Waals surface area contributed by atoms with Crippen LogP contribution < -0.4 is 0 Å². The predicted molar refractivity (Wildman–Crippen MR) is 65.9 cm³/mol. The molecule has 0 spiro atoms. The summed E-state index contributed by atoms with van der Waals surface area (Å²) in [5.41, 5.74) is 0.0173. The Morgan fingerprint density at radius 3 is 2.56 bits per heavy atom. The minimum absolute atomic E-state index is 0.0173. The molecule has 0 bridgehead atoms. The number of hydrogen-bond acceptors (Lipinski definition) is 5. The Bertz CT molecular complexity index is 467. The molecule has 6 heteroatoms. The van der Waals surface area contributed by atoms with Crippen molar-refractivity contribution in [1.82, 2.24) is 19.7 Å². The minimum Gasteiger partial charge on any atom is -0.308 e. The molecule has 0 radical (unpaired) electrons. The summed E-state index contributed by atoms with van der Waals surface area (Å²) in [6, 6.07) is 0. The topological polar surface area (TPSA) is 43.6 Å². The van der Waals surface area contributed by atoms with Crippen LogP contribution in [0.3, 0.4) is 0 Å². The van der Waals surface area contributed by atoms with Gasteiger partial charge in [-0.3, -0.25) is 0 Å². The summed E-state index contributed by atoms with van der Waals surface area (Å²) < 4.78 is 3.03. The van der Waals surface area contributed by atoms with Gasteiger partial charge >= 0.3 is 0 Å². The molecule has 0 amide bonds. The highest BCUT2D eigenvalue weighted by atomic mass is 32.2. The number of hydrogen-bond donors (Lipinski definition) is 0. The third kappa shape index (κ3) is 2.27. The zero-order valence-corrected chi connectivity index (χ0v) is 11.4. The lowest BCUT2D eigenvalue weighted by molar-refractivity contribution is 0.513. The Labute approximate surface area is 103 Å². The molecular weight excluding hydrogens is 240 g/mol. The van der Waals surface area contributed by atoms with Gasteiger partial charge in [-0.05, 0) is 11.8 Å². The van der Waals surface area contributed by atoms with E-state index >= 15 is 0 Å². The van der Waals surface area contributed by atoms with Gasteiger partial charge in [0.2, 0.25) is 0 Å². The first-order valence-corrected chi connectivity index (χ1v) is 6.65. The molecule has 0 aliphatic rings. The van der Waals surface area contributed by atoms with Crippen molar-refractivity contribution in [3.8, 4) is 0 Å². The van der Waals surface area contributed by atoms with Gasteiger partial charge in [0.15, 0.2) is 9.50 Å². The third-order valence-electron chi connectivity index (χ3n) is 2.09. The van der Waals surface area contributed by atoms with Crippen LogP contribution >= 0.6 is 23.1 Å². The van der Waals surface area contributed by atoms with Crippen molar-refractivity contribution < 1.29 is 0 Å². The molecule has 0 N–H and O–H groups in total. The standard InChI is InChI=1S/C10H14N4S2/c1-10(2,3)7-12-13-8(14(7)4)16-9-11-5-6-15-9/h5-6H,1-4H3. The molecule has 0 atom stereocenters. The van der Waals surface area contributed by atoms with Crippen LogP contribution in [0.1, 0.15) is 26.6 Å². The molecule has 0 aromatic carbocycles. The van der Waals surface area contributed by atoms with Crippen molar-refractivity contribution in [3.63, 3.8) is 0 Å². The highest BCUT2D eigenvalue weighted by Gasteiger charge is 2.22. The van der Waals surface area contributed by atoms with Crippen molar-refractivity contribution in [1.29, 1.82) is 0 Å². The van der Waals surface area contributed by atoms with Gasteiger partial charge in [-0.25, -0.2) is 4.98 Å². The van der Waals surface area contributed by atoms with Crippen LogP contribution in [-0.4, -0.2) is 19.7 Å². The summed E-state index contributed by atoms with van der Waals surface area (Å²) in [7, 11) is 2.00. The Hall–Kier alpha value is -0.880. The van der Waals surface area contributed by atoms with Gasteiger partial charge in [-0.15, -0.1) is 21.5 Å². The summed E-state index contributed by atoms with van der Waals surface area (Å²) in [5.74, 6) is 0.992. The van der Waals surface area contributed by atoms with E-state index in [4.69, 9.17) is 0 Å². The molecule has 0 fully saturated rings. The molecule has 0 aliphatic carbocycles. The van der Waals surface area contributed by atoms with Crippen LogP contribution in [0.2, 0.25) is 0 Å². The van der Waals surface area contributed by atoms with Gasteiger partial charge in [-0.2, -0.15) is 0 Å². The van der Waals surface area contributed by atoms with Crippen molar-refractivity contribution in [2.24, 2.45) is 7.05 Å². The van der Waals surface area contributed by atoms with E-state index in [1.54, 1.807) is 29.3 Å². The first-order valence-electron chi connectivity index (χ1n) is 4.95. The Morgan fingerprint density at radius 1 is 1.31 bits per heavy atom. The Morgan fingerprint density at radius 2 is 2.06 bits per heavy atom. The Balaban J connectivity index is 2.27. The lowest BCUT2D eigenvalue weighted by Gasteiger charge is -2.16. The van der Waals surface area contributed by atoms with Crippen molar-refractivity contribution >= 4 is 23.1 Å². The normalized spacial score (nSPS) is 12.0. The molecule has 86 valence electrons. The fourth-order valence-electron chi connectivity index (χ4n) is 1.40. The van der Waals surface area contributed by atoms with Crippen LogP contribution in [0.5, 0.6) is 0 Å². The fourth-order valence-corrected chi connectivity index (χ4v) is 2.91. The second kappa shape index (κ2) is 4.18. The van der Waals surface area contributed by atoms with E-state index in [9.17, 15) is 0 Å². The van der Waals surface area contributed by atoms with Gasteiger partial charge in [0.05, 0.1) is 0 Å². The number of thiazole rings is 1. The first kappa shape index (κ1) is 11.6. The second-order valence-electron chi connectivity index (χ2n) is 4.52. The monoisotopic (exact) mass is 254 g/mol. The molecule has 0 aliphatic heterocycles. The smallest absolute Gasteiger partial charge is 0.198 e. The summed E-state index contributed by atoms with van der Waals surface area (Å²) in [6.45, 7) is 6.40. The van der Waals surface area contributed by atoms with Gasteiger partial charge in [0, 0.05) is 24.0 Å². The van der Waals surface area contributed by atoms with Crippen LogP contribution in [0.4, 0.5) is 0 Å². The van der Waals surface area contributed by atoms with Crippen LogP contribution in [-0.2, 0) is 12.5 Å². The molecule has 4 nitrogen and oxygen atoms in total. The lowest BCUT2D eigenvalue weighted by Crippen LogP contribution is -2.17. The van der Waals surface area contributed by atoms with Crippen molar-refractivity contribution in [2.45, 2.75) is 35.7 Å². The van der Waals surface area contributed by atoms with Gasteiger partial charge in [0.25, 0.3) is 0 Å². The van der Waals surface area contributed by atoms with Crippen LogP contribution in [0.25, 0.3) is 0 Å². The molecular formula is C10H14N4S2. The number of aromatic nitrogens is 4.